The summed E-state index contributed by atoms with van der Waals surface area (Å²) in [5, 5.41) is 4.87. The Hall–Kier alpha value is -2.18. The van der Waals surface area contributed by atoms with Gasteiger partial charge in [-0.25, -0.2) is 0 Å². The summed E-state index contributed by atoms with van der Waals surface area (Å²) in [4.78, 5) is 21.5. The molecule has 1 atom stereocenters. The predicted molar refractivity (Wildman–Crippen MR) is 110 cm³/mol. The Balaban J connectivity index is 1.38. The van der Waals surface area contributed by atoms with Crippen molar-refractivity contribution in [3.05, 3.63) is 51.1 Å². The van der Waals surface area contributed by atoms with Gasteiger partial charge in [0.05, 0.1) is 4.88 Å². The number of aromatic nitrogens is 2. The minimum Gasteiger partial charge on any atom is -0.333 e. The lowest BCUT2D eigenvalue weighted by Gasteiger charge is -2.18. The number of rotatable bonds is 3. The van der Waals surface area contributed by atoms with Crippen LogP contribution in [0, 0.1) is 6.92 Å². The van der Waals surface area contributed by atoms with Crippen molar-refractivity contribution in [1.29, 1.82) is 0 Å². The monoisotopic (exact) mass is 413 g/mol. The molecule has 3 aromatic rings. The van der Waals surface area contributed by atoms with Crippen LogP contribution < -0.4 is 4.90 Å². The number of hydrogen-bond acceptors (Lipinski definition) is 5. The van der Waals surface area contributed by atoms with E-state index >= 15 is 0 Å². The summed E-state index contributed by atoms with van der Waals surface area (Å²) >= 11 is 7.81. The number of amides is 1. The Morgan fingerprint density at radius 1 is 1.25 bits per heavy atom. The first-order valence-corrected chi connectivity index (χ1v) is 10.8. The zero-order valence-electron chi connectivity index (χ0n) is 15.6. The van der Waals surface area contributed by atoms with E-state index in [4.69, 9.17) is 16.1 Å². The van der Waals surface area contributed by atoms with Gasteiger partial charge in [0.25, 0.3) is 5.89 Å². The molecule has 144 valence electrons. The number of nitrogens with zero attached hydrogens (tertiary/aromatic N) is 3. The lowest BCUT2D eigenvalue weighted by Crippen LogP contribution is -2.25. The van der Waals surface area contributed by atoms with E-state index in [1.165, 1.54) is 23.3 Å². The number of benzene rings is 1. The highest BCUT2D eigenvalue weighted by atomic mass is 35.5. The summed E-state index contributed by atoms with van der Waals surface area (Å²) < 4.78 is 5.56. The van der Waals surface area contributed by atoms with E-state index in [2.05, 4.69) is 16.2 Å². The molecular weight excluding hydrogens is 394 g/mol. The van der Waals surface area contributed by atoms with Crippen LogP contribution in [-0.2, 0) is 17.6 Å². The highest BCUT2D eigenvalue weighted by Crippen LogP contribution is 2.37. The van der Waals surface area contributed by atoms with Crippen molar-refractivity contribution >= 4 is 34.5 Å². The minimum absolute atomic E-state index is 0.0605. The number of hydrogen-bond donors (Lipinski definition) is 0. The second kappa shape index (κ2) is 7.01. The lowest BCUT2D eigenvalue weighted by molar-refractivity contribution is -0.117. The molecule has 1 saturated heterocycles. The quantitative estimate of drug-likeness (QED) is 0.595. The van der Waals surface area contributed by atoms with Gasteiger partial charge < -0.3 is 9.42 Å². The maximum Gasteiger partial charge on any atom is 0.268 e. The first-order valence-electron chi connectivity index (χ1n) is 9.60. The normalized spacial score (nSPS) is 19.3. The van der Waals surface area contributed by atoms with Gasteiger partial charge in [0.2, 0.25) is 5.91 Å². The summed E-state index contributed by atoms with van der Waals surface area (Å²) in [6, 6.07) is 7.79. The third kappa shape index (κ3) is 3.14. The minimum atomic E-state index is -0.0605. The van der Waals surface area contributed by atoms with Gasteiger partial charge in [-0.2, -0.15) is 4.98 Å². The van der Waals surface area contributed by atoms with Gasteiger partial charge in [-0.3, -0.25) is 4.79 Å². The van der Waals surface area contributed by atoms with Crippen molar-refractivity contribution in [2.45, 2.75) is 44.9 Å². The number of carbonyl (C=O) groups is 1. The van der Waals surface area contributed by atoms with E-state index in [9.17, 15) is 4.79 Å². The number of aryl methyl sites for hydroxylation is 3. The molecule has 0 saturated carbocycles. The standard InChI is InChI=1S/C21H20ClN3O2S/c1-12-8-15(22)6-7-16(12)25-11-14(10-19(25)26)20-23-21(27-24-20)18-9-13-4-2-3-5-17(13)28-18/h6-9,14H,2-5,10-11H2,1H3. The Bertz CT molecular complexity index is 1030. The average molecular weight is 414 g/mol. The Labute approximate surface area is 172 Å². The average Bonchev–Trinajstić information content (AvgIpc) is 3.39. The van der Waals surface area contributed by atoms with Crippen LogP contribution in [0.5, 0.6) is 0 Å². The van der Waals surface area contributed by atoms with E-state index < -0.39 is 0 Å². The maximum atomic E-state index is 12.6. The van der Waals surface area contributed by atoms with Gasteiger partial charge >= 0.3 is 0 Å². The zero-order chi connectivity index (χ0) is 19.3. The van der Waals surface area contributed by atoms with Crippen LogP contribution in [0.1, 0.15) is 47.0 Å². The molecule has 1 aliphatic carbocycles. The van der Waals surface area contributed by atoms with Crippen LogP contribution in [0.15, 0.2) is 28.8 Å². The molecule has 1 unspecified atom stereocenters. The van der Waals surface area contributed by atoms with Crippen molar-refractivity contribution in [2.24, 2.45) is 0 Å². The summed E-state index contributed by atoms with van der Waals surface area (Å²) in [7, 11) is 0. The SMILES string of the molecule is Cc1cc(Cl)ccc1N1CC(c2noc(-c3cc4c(s3)CCCC4)n2)CC1=O. The van der Waals surface area contributed by atoms with E-state index in [0.29, 0.717) is 29.7 Å². The molecule has 2 aromatic heterocycles. The van der Waals surface area contributed by atoms with E-state index in [1.54, 1.807) is 16.2 Å². The smallest absolute Gasteiger partial charge is 0.268 e. The van der Waals surface area contributed by atoms with Crippen molar-refractivity contribution in [2.75, 3.05) is 11.4 Å². The largest absolute Gasteiger partial charge is 0.333 e. The molecule has 1 amide bonds. The fraction of sp³-hybridized carbons (Fsp3) is 0.381. The van der Waals surface area contributed by atoms with Crippen LogP contribution in [0.3, 0.4) is 0 Å². The maximum absolute atomic E-state index is 12.6. The number of thiophene rings is 1. The molecule has 1 fully saturated rings. The summed E-state index contributed by atoms with van der Waals surface area (Å²) in [5.74, 6) is 1.20. The molecule has 1 aromatic carbocycles. The second-order valence-electron chi connectivity index (χ2n) is 7.56. The van der Waals surface area contributed by atoms with Crippen molar-refractivity contribution in [3.63, 3.8) is 0 Å². The van der Waals surface area contributed by atoms with Crippen molar-refractivity contribution in [1.82, 2.24) is 10.1 Å². The van der Waals surface area contributed by atoms with Crippen LogP contribution in [-0.4, -0.2) is 22.6 Å². The third-order valence-corrected chi connectivity index (χ3v) is 7.05. The summed E-state index contributed by atoms with van der Waals surface area (Å²) in [6.45, 7) is 2.52. The molecule has 7 heteroatoms. The lowest BCUT2D eigenvalue weighted by atomic mass is 9.99. The first kappa shape index (κ1) is 17.9. The molecule has 0 spiro atoms. The van der Waals surface area contributed by atoms with Crippen molar-refractivity contribution < 1.29 is 9.32 Å². The molecule has 5 nitrogen and oxygen atoms in total. The first-order chi connectivity index (χ1) is 13.6. The van der Waals surface area contributed by atoms with Crippen LogP contribution in [0.2, 0.25) is 5.02 Å². The molecule has 5 rings (SSSR count). The summed E-state index contributed by atoms with van der Waals surface area (Å²) in [6.07, 6.45) is 5.18. The van der Waals surface area contributed by atoms with E-state index in [0.717, 1.165) is 29.0 Å². The van der Waals surface area contributed by atoms with Gasteiger partial charge in [0.15, 0.2) is 5.82 Å². The highest BCUT2D eigenvalue weighted by molar-refractivity contribution is 7.15. The van der Waals surface area contributed by atoms with Gasteiger partial charge in [0.1, 0.15) is 0 Å². The van der Waals surface area contributed by atoms with Crippen LogP contribution in [0.25, 0.3) is 10.8 Å². The van der Waals surface area contributed by atoms with Crippen LogP contribution in [0.4, 0.5) is 5.69 Å². The molecule has 0 bridgehead atoms. The second-order valence-corrected chi connectivity index (χ2v) is 9.13. The highest BCUT2D eigenvalue weighted by Gasteiger charge is 2.35. The number of carbonyl (C=O) groups excluding carboxylic acids is 1. The molecule has 3 heterocycles. The molecule has 0 radical (unpaired) electrons. The van der Waals surface area contributed by atoms with Gasteiger partial charge in [-0.15, -0.1) is 11.3 Å². The molecule has 28 heavy (non-hydrogen) atoms. The number of anilines is 1. The van der Waals surface area contributed by atoms with Gasteiger partial charge in [-0.05, 0) is 68.0 Å². The Kier molecular flexibility index (Phi) is 4.48. The summed E-state index contributed by atoms with van der Waals surface area (Å²) in [5.41, 5.74) is 3.30. The topological polar surface area (TPSA) is 59.2 Å². The number of halogens is 1. The molecule has 1 aliphatic heterocycles. The fourth-order valence-corrected chi connectivity index (χ4v) is 5.53. The van der Waals surface area contributed by atoms with E-state index in [1.807, 2.05) is 25.1 Å². The van der Waals surface area contributed by atoms with Gasteiger partial charge in [-0.1, -0.05) is 16.8 Å². The zero-order valence-corrected chi connectivity index (χ0v) is 17.1. The Morgan fingerprint density at radius 3 is 2.93 bits per heavy atom. The third-order valence-electron chi connectivity index (χ3n) is 5.59. The Morgan fingerprint density at radius 2 is 2.11 bits per heavy atom. The molecule has 0 N–H and O–H groups in total. The predicted octanol–water partition coefficient (Wildman–Crippen LogP) is 5.16. The van der Waals surface area contributed by atoms with E-state index in [-0.39, 0.29) is 11.8 Å². The molecule has 2 aliphatic rings. The molecular formula is C21H20ClN3O2S. The number of fused-ring (bicyclic) bond motifs is 1. The van der Waals surface area contributed by atoms with Crippen molar-refractivity contribution in [3.8, 4) is 10.8 Å². The fourth-order valence-electron chi connectivity index (χ4n) is 4.13. The van der Waals surface area contributed by atoms with Gasteiger partial charge in [0, 0.05) is 34.5 Å². The van der Waals surface area contributed by atoms with Crippen LogP contribution >= 0.6 is 22.9 Å².